The summed E-state index contributed by atoms with van der Waals surface area (Å²) in [5.74, 6) is -0.305. The van der Waals surface area contributed by atoms with Gasteiger partial charge in [-0.3, -0.25) is 0 Å². The van der Waals surface area contributed by atoms with Crippen molar-refractivity contribution in [2.24, 2.45) is 0 Å². The summed E-state index contributed by atoms with van der Waals surface area (Å²) in [5.41, 5.74) is -1.08. The number of aromatic nitrogens is 3. The van der Waals surface area contributed by atoms with E-state index in [0.29, 0.717) is 15.7 Å². The Labute approximate surface area is 140 Å². The molecular weight excluding hydrogens is 341 g/mol. The fraction of sp³-hybridized carbons (Fsp3) is 0.429. The third kappa shape index (κ3) is 3.56. The van der Waals surface area contributed by atoms with Crippen LogP contribution in [0, 0.1) is 18.3 Å². The summed E-state index contributed by atoms with van der Waals surface area (Å²) in [4.78, 5) is 11.9. The number of alkyl halides is 3. The van der Waals surface area contributed by atoms with E-state index < -0.39 is 17.2 Å². The first-order valence-electron chi connectivity index (χ1n) is 6.86. The van der Waals surface area contributed by atoms with Gasteiger partial charge in [-0.05, 0) is 20.8 Å². The molecule has 0 aliphatic heterocycles. The van der Waals surface area contributed by atoms with Gasteiger partial charge in [0.05, 0.1) is 11.8 Å². The lowest BCUT2D eigenvalue weighted by Gasteiger charge is -2.12. The van der Waals surface area contributed by atoms with Gasteiger partial charge in [0.25, 0.3) is 0 Å². The number of rotatable bonds is 4. The first-order chi connectivity index (χ1) is 11.1. The third-order valence-electron chi connectivity index (χ3n) is 3.17. The minimum absolute atomic E-state index is 0.0143. The van der Waals surface area contributed by atoms with Crippen LogP contribution in [0.4, 0.5) is 29.9 Å². The zero-order valence-corrected chi connectivity index (χ0v) is 14.2. The van der Waals surface area contributed by atoms with E-state index in [1.807, 2.05) is 0 Å². The van der Waals surface area contributed by atoms with Gasteiger partial charge in [-0.1, -0.05) is 11.3 Å². The molecule has 0 fully saturated rings. The highest BCUT2D eigenvalue weighted by Gasteiger charge is 2.35. The number of thiazole rings is 1. The van der Waals surface area contributed by atoms with Crippen molar-refractivity contribution in [3.05, 3.63) is 22.5 Å². The molecule has 0 atom stereocenters. The van der Waals surface area contributed by atoms with E-state index >= 15 is 0 Å². The summed E-state index contributed by atoms with van der Waals surface area (Å²) >= 11 is 1.24. The molecule has 0 saturated heterocycles. The number of nitrogens with zero attached hydrogens (tertiary/aromatic N) is 4. The van der Waals surface area contributed by atoms with Crippen molar-refractivity contribution in [3.63, 3.8) is 0 Å². The summed E-state index contributed by atoms with van der Waals surface area (Å²) in [5, 5.41) is 15.6. The molecule has 2 N–H and O–H groups in total. The Kier molecular flexibility index (Phi) is 4.66. The van der Waals surface area contributed by atoms with Crippen LogP contribution in [-0.2, 0) is 11.6 Å². The first kappa shape index (κ1) is 17.9. The second-order valence-electron chi connectivity index (χ2n) is 5.50. The highest BCUT2D eigenvalue weighted by atomic mass is 32.1. The molecule has 10 heteroatoms. The minimum Gasteiger partial charge on any atom is -0.372 e. The molecule has 2 rings (SSSR count). The lowest BCUT2D eigenvalue weighted by Crippen LogP contribution is -2.13. The van der Waals surface area contributed by atoms with E-state index in [-0.39, 0.29) is 11.8 Å². The standard InChI is InChI=1S/C14H15F3N6S/c1-7-10(24-11(21-7)13(2,3)6-18)23-12-20-5-8(14(15,16)17)9(19-4)22-12/h5H,1-4H3,(H2,19,20,22,23). The second-order valence-corrected chi connectivity index (χ2v) is 6.50. The van der Waals surface area contributed by atoms with Crippen LogP contribution < -0.4 is 10.6 Å². The summed E-state index contributed by atoms with van der Waals surface area (Å²) < 4.78 is 38.6. The highest BCUT2D eigenvalue weighted by molar-refractivity contribution is 7.16. The Morgan fingerprint density at radius 1 is 1.25 bits per heavy atom. The van der Waals surface area contributed by atoms with Gasteiger partial charge < -0.3 is 10.6 Å². The predicted molar refractivity (Wildman–Crippen MR) is 85.4 cm³/mol. The fourth-order valence-corrected chi connectivity index (χ4v) is 2.78. The Morgan fingerprint density at radius 3 is 2.46 bits per heavy atom. The molecule has 6 nitrogen and oxygen atoms in total. The zero-order chi connectivity index (χ0) is 18.1. The third-order valence-corrected chi connectivity index (χ3v) is 4.56. The van der Waals surface area contributed by atoms with Crippen LogP contribution in [0.5, 0.6) is 0 Å². The molecule has 24 heavy (non-hydrogen) atoms. The predicted octanol–water partition coefficient (Wildman–Crippen LogP) is 3.85. The van der Waals surface area contributed by atoms with Crippen LogP contribution in [0.15, 0.2) is 6.20 Å². The van der Waals surface area contributed by atoms with E-state index in [9.17, 15) is 13.2 Å². The van der Waals surface area contributed by atoms with Crippen LogP contribution in [-0.4, -0.2) is 22.0 Å². The minimum atomic E-state index is -4.54. The lowest BCUT2D eigenvalue weighted by atomic mass is 9.97. The maximum Gasteiger partial charge on any atom is 0.421 e. The topological polar surface area (TPSA) is 86.5 Å². The molecule has 0 spiro atoms. The molecule has 0 aromatic carbocycles. The van der Waals surface area contributed by atoms with Crippen molar-refractivity contribution >= 4 is 28.1 Å². The van der Waals surface area contributed by atoms with E-state index in [0.717, 1.165) is 6.20 Å². The number of nitriles is 1. The van der Waals surface area contributed by atoms with Gasteiger partial charge >= 0.3 is 6.18 Å². The number of anilines is 3. The Hall–Kier alpha value is -2.41. The van der Waals surface area contributed by atoms with Gasteiger partial charge in [-0.2, -0.15) is 23.4 Å². The van der Waals surface area contributed by atoms with Crippen molar-refractivity contribution in [2.75, 3.05) is 17.7 Å². The molecule has 0 bridgehead atoms. The maximum atomic E-state index is 12.9. The summed E-state index contributed by atoms with van der Waals surface area (Å²) in [7, 11) is 1.35. The van der Waals surface area contributed by atoms with E-state index in [4.69, 9.17) is 5.26 Å². The van der Waals surface area contributed by atoms with Gasteiger partial charge in [0, 0.05) is 13.2 Å². The second kappa shape index (κ2) is 6.24. The van der Waals surface area contributed by atoms with E-state index in [2.05, 4.69) is 31.7 Å². The monoisotopic (exact) mass is 356 g/mol. The van der Waals surface area contributed by atoms with Crippen molar-refractivity contribution < 1.29 is 13.2 Å². The Balaban J connectivity index is 2.35. The lowest BCUT2D eigenvalue weighted by molar-refractivity contribution is -0.137. The molecule has 0 amide bonds. The Morgan fingerprint density at radius 2 is 1.92 bits per heavy atom. The highest BCUT2D eigenvalue weighted by Crippen LogP contribution is 2.36. The molecule has 128 valence electrons. The van der Waals surface area contributed by atoms with E-state index in [1.165, 1.54) is 18.4 Å². The van der Waals surface area contributed by atoms with Crippen LogP contribution in [0.25, 0.3) is 0 Å². The van der Waals surface area contributed by atoms with Crippen molar-refractivity contribution in [1.82, 2.24) is 15.0 Å². The zero-order valence-electron chi connectivity index (χ0n) is 13.4. The number of nitrogens with one attached hydrogen (secondary N) is 2. The maximum absolute atomic E-state index is 12.9. The molecule has 0 aliphatic rings. The molecule has 0 saturated carbocycles. The Bertz CT molecular complexity index is 791. The quantitative estimate of drug-likeness (QED) is 0.865. The summed E-state index contributed by atoms with van der Waals surface area (Å²) in [6.45, 7) is 5.21. The van der Waals surface area contributed by atoms with Crippen molar-refractivity contribution in [2.45, 2.75) is 32.4 Å². The molecule has 0 unspecified atom stereocenters. The normalized spacial score (nSPS) is 11.9. The van der Waals surface area contributed by atoms with Crippen molar-refractivity contribution in [1.29, 1.82) is 5.26 Å². The first-order valence-corrected chi connectivity index (χ1v) is 7.68. The largest absolute Gasteiger partial charge is 0.421 e. The number of aryl methyl sites for hydroxylation is 1. The molecule has 2 aromatic rings. The smallest absolute Gasteiger partial charge is 0.372 e. The average molecular weight is 356 g/mol. The molecule has 2 aromatic heterocycles. The van der Waals surface area contributed by atoms with Gasteiger partial charge in [0.15, 0.2) is 0 Å². The fourth-order valence-electron chi connectivity index (χ4n) is 1.77. The van der Waals surface area contributed by atoms with Gasteiger partial charge in [0.1, 0.15) is 26.8 Å². The van der Waals surface area contributed by atoms with Crippen molar-refractivity contribution in [3.8, 4) is 6.07 Å². The van der Waals surface area contributed by atoms with Crippen LogP contribution in [0.1, 0.15) is 30.1 Å². The van der Waals surface area contributed by atoms with Gasteiger partial charge in [-0.25, -0.2) is 9.97 Å². The molecular formula is C14H15F3N6S. The number of halogens is 3. The van der Waals surface area contributed by atoms with Crippen LogP contribution in [0.3, 0.4) is 0 Å². The van der Waals surface area contributed by atoms with E-state index in [1.54, 1.807) is 20.8 Å². The summed E-state index contributed by atoms with van der Waals surface area (Å²) in [6, 6.07) is 2.16. The van der Waals surface area contributed by atoms with Crippen LogP contribution in [0.2, 0.25) is 0 Å². The SMILES string of the molecule is CNc1nc(Nc2sc(C(C)(C)C#N)nc2C)ncc1C(F)(F)F. The number of hydrogen-bond acceptors (Lipinski definition) is 7. The van der Waals surface area contributed by atoms with Gasteiger partial charge in [-0.15, -0.1) is 0 Å². The molecule has 2 heterocycles. The number of hydrogen-bond donors (Lipinski definition) is 2. The summed E-state index contributed by atoms with van der Waals surface area (Å²) in [6.07, 6.45) is -3.82. The molecule has 0 radical (unpaired) electrons. The average Bonchev–Trinajstić information content (AvgIpc) is 2.88. The van der Waals surface area contributed by atoms with Crippen LogP contribution >= 0.6 is 11.3 Å². The molecule has 0 aliphatic carbocycles. The van der Waals surface area contributed by atoms with Gasteiger partial charge in [0.2, 0.25) is 5.95 Å².